The number of furan rings is 1. The van der Waals surface area contributed by atoms with Gasteiger partial charge in [-0.3, -0.25) is 9.78 Å². The second kappa shape index (κ2) is 2.58. The Balaban J connectivity index is 2.81. The van der Waals surface area contributed by atoms with E-state index in [1.165, 1.54) is 13.1 Å². The number of anilines is 1. The molecule has 0 atom stereocenters. The summed E-state index contributed by atoms with van der Waals surface area (Å²) in [5.74, 6) is 0.0386. The zero-order valence-corrected chi connectivity index (χ0v) is 7.07. The van der Waals surface area contributed by atoms with Gasteiger partial charge in [-0.15, -0.1) is 0 Å². The van der Waals surface area contributed by atoms with Gasteiger partial charge in [-0.25, -0.2) is 0 Å². The molecule has 0 saturated heterocycles. The minimum Gasteiger partial charge on any atom is -0.449 e. The Morgan fingerprint density at radius 3 is 3.00 bits per heavy atom. The number of carbonyl (C=O) groups excluding carboxylic acids is 1. The molecule has 4 nitrogen and oxygen atoms in total. The Labute approximate surface area is 74.4 Å². The van der Waals surface area contributed by atoms with E-state index in [4.69, 9.17) is 10.2 Å². The number of Topliss-reactive ketones (excluding diaryl/α,β-unsaturated/α-hetero) is 1. The third kappa shape index (κ3) is 1.07. The van der Waals surface area contributed by atoms with Crippen LogP contribution in [0.2, 0.25) is 0 Å². The number of nitrogens with two attached hydrogens (primary N) is 1. The number of rotatable bonds is 1. The van der Waals surface area contributed by atoms with Crippen LogP contribution in [0.4, 0.5) is 5.69 Å². The van der Waals surface area contributed by atoms with Crippen molar-refractivity contribution in [2.75, 3.05) is 5.73 Å². The molecule has 13 heavy (non-hydrogen) atoms. The molecule has 0 aliphatic carbocycles. The standard InChI is InChI=1S/C9H8N2O2/c1-5(12)9-8(10)6-2-3-11-4-7(6)13-9/h2-4H,10H2,1H3. The SMILES string of the molecule is CC(=O)c1oc2cnccc2c1N. The van der Waals surface area contributed by atoms with Gasteiger partial charge in [0, 0.05) is 18.5 Å². The molecule has 0 aliphatic rings. The molecule has 0 amide bonds. The van der Waals surface area contributed by atoms with Crippen molar-refractivity contribution in [1.29, 1.82) is 0 Å². The van der Waals surface area contributed by atoms with E-state index >= 15 is 0 Å². The van der Waals surface area contributed by atoms with Gasteiger partial charge < -0.3 is 10.2 Å². The zero-order chi connectivity index (χ0) is 9.42. The second-order valence-corrected chi connectivity index (χ2v) is 2.77. The van der Waals surface area contributed by atoms with Crippen molar-refractivity contribution in [3.63, 3.8) is 0 Å². The van der Waals surface area contributed by atoms with Gasteiger partial charge in [0.1, 0.15) is 0 Å². The van der Waals surface area contributed by atoms with Crippen molar-refractivity contribution in [1.82, 2.24) is 4.98 Å². The van der Waals surface area contributed by atoms with Crippen molar-refractivity contribution in [2.45, 2.75) is 6.92 Å². The van der Waals surface area contributed by atoms with Crippen LogP contribution in [-0.4, -0.2) is 10.8 Å². The van der Waals surface area contributed by atoms with E-state index in [2.05, 4.69) is 4.98 Å². The Kier molecular flexibility index (Phi) is 1.55. The molecule has 0 radical (unpaired) electrons. The molecule has 0 saturated carbocycles. The summed E-state index contributed by atoms with van der Waals surface area (Å²) in [4.78, 5) is 14.9. The van der Waals surface area contributed by atoms with Crippen molar-refractivity contribution in [3.8, 4) is 0 Å². The predicted octanol–water partition coefficient (Wildman–Crippen LogP) is 1.61. The smallest absolute Gasteiger partial charge is 0.197 e. The lowest BCUT2D eigenvalue weighted by atomic mass is 10.2. The maximum absolute atomic E-state index is 11.0. The largest absolute Gasteiger partial charge is 0.449 e. The van der Waals surface area contributed by atoms with Gasteiger partial charge in [0.25, 0.3) is 0 Å². The maximum atomic E-state index is 11.0. The molecule has 0 unspecified atom stereocenters. The fourth-order valence-electron chi connectivity index (χ4n) is 1.23. The molecule has 0 aliphatic heterocycles. The van der Waals surface area contributed by atoms with E-state index in [0.29, 0.717) is 11.3 Å². The summed E-state index contributed by atoms with van der Waals surface area (Å²) >= 11 is 0. The number of hydrogen-bond donors (Lipinski definition) is 1. The van der Waals surface area contributed by atoms with E-state index in [1.807, 2.05) is 0 Å². The first kappa shape index (κ1) is 7.79. The zero-order valence-electron chi connectivity index (χ0n) is 7.07. The highest BCUT2D eigenvalue weighted by molar-refractivity contribution is 6.05. The normalized spacial score (nSPS) is 10.5. The van der Waals surface area contributed by atoms with E-state index < -0.39 is 0 Å². The molecule has 2 aromatic heterocycles. The highest BCUT2D eigenvalue weighted by Gasteiger charge is 2.14. The van der Waals surface area contributed by atoms with Crippen LogP contribution in [0, 0.1) is 0 Å². The van der Waals surface area contributed by atoms with E-state index in [1.54, 1.807) is 12.3 Å². The number of nitrogens with zero attached hydrogens (tertiary/aromatic N) is 1. The van der Waals surface area contributed by atoms with Gasteiger partial charge in [0.05, 0.1) is 11.9 Å². The number of fused-ring (bicyclic) bond motifs is 1. The average Bonchev–Trinajstić information content (AvgIpc) is 2.45. The molecule has 66 valence electrons. The summed E-state index contributed by atoms with van der Waals surface area (Å²) in [7, 11) is 0. The van der Waals surface area contributed by atoms with Crippen molar-refractivity contribution >= 4 is 22.4 Å². The maximum Gasteiger partial charge on any atom is 0.197 e. The quantitative estimate of drug-likeness (QED) is 0.670. The molecule has 2 N–H and O–H groups in total. The predicted molar refractivity (Wildman–Crippen MR) is 48.4 cm³/mol. The number of ketones is 1. The van der Waals surface area contributed by atoms with Crippen LogP contribution in [0.3, 0.4) is 0 Å². The molecular weight excluding hydrogens is 168 g/mol. The highest BCUT2D eigenvalue weighted by Crippen LogP contribution is 2.27. The lowest BCUT2D eigenvalue weighted by Gasteiger charge is -1.88. The van der Waals surface area contributed by atoms with Gasteiger partial charge >= 0.3 is 0 Å². The van der Waals surface area contributed by atoms with Crippen LogP contribution in [-0.2, 0) is 0 Å². The third-order valence-corrected chi connectivity index (χ3v) is 1.85. The number of aromatic nitrogens is 1. The topological polar surface area (TPSA) is 69.1 Å². The molecule has 0 spiro atoms. The molecule has 0 fully saturated rings. The van der Waals surface area contributed by atoms with Gasteiger partial charge in [0.2, 0.25) is 0 Å². The van der Waals surface area contributed by atoms with Crippen LogP contribution < -0.4 is 5.73 Å². The van der Waals surface area contributed by atoms with E-state index in [-0.39, 0.29) is 11.5 Å². The van der Waals surface area contributed by atoms with Crippen LogP contribution >= 0.6 is 0 Å². The lowest BCUT2D eigenvalue weighted by molar-refractivity contribution is 0.0990. The molecule has 2 heterocycles. The van der Waals surface area contributed by atoms with Crippen LogP contribution in [0.25, 0.3) is 11.0 Å². The van der Waals surface area contributed by atoms with Crippen LogP contribution in [0.1, 0.15) is 17.5 Å². The molecule has 0 aromatic carbocycles. The Bertz CT molecular complexity index is 473. The minimum atomic E-state index is -0.172. The summed E-state index contributed by atoms with van der Waals surface area (Å²) in [6.45, 7) is 1.42. The average molecular weight is 176 g/mol. The van der Waals surface area contributed by atoms with Gasteiger partial charge in [-0.1, -0.05) is 0 Å². The summed E-state index contributed by atoms with van der Waals surface area (Å²) < 4.78 is 5.22. The van der Waals surface area contributed by atoms with Crippen LogP contribution in [0.15, 0.2) is 22.9 Å². The summed E-state index contributed by atoms with van der Waals surface area (Å²) in [5.41, 5.74) is 6.64. The fourth-order valence-corrected chi connectivity index (χ4v) is 1.23. The first-order valence-electron chi connectivity index (χ1n) is 3.83. The fraction of sp³-hybridized carbons (Fsp3) is 0.111. The molecule has 0 bridgehead atoms. The Hall–Kier alpha value is -1.84. The molecule has 2 rings (SSSR count). The van der Waals surface area contributed by atoms with Crippen molar-refractivity contribution in [2.24, 2.45) is 0 Å². The number of carbonyl (C=O) groups is 1. The first-order chi connectivity index (χ1) is 6.20. The number of nitrogen functional groups attached to an aromatic ring is 1. The molecular formula is C9H8N2O2. The van der Waals surface area contributed by atoms with Crippen LogP contribution in [0.5, 0.6) is 0 Å². The molecule has 4 heteroatoms. The van der Waals surface area contributed by atoms with Gasteiger partial charge in [-0.2, -0.15) is 0 Å². The number of pyridine rings is 1. The van der Waals surface area contributed by atoms with E-state index in [9.17, 15) is 4.79 Å². The Morgan fingerprint density at radius 2 is 2.38 bits per heavy atom. The third-order valence-electron chi connectivity index (χ3n) is 1.85. The number of hydrogen-bond acceptors (Lipinski definition) is 4. The lowest BCUT2D eigenvalue weighted by Crippen LogP contribution is -1.94. The minimum absolute atomic E-state index is 0.172. The van der Waals surface area contributed by atoms with Gasteiger partial charge in [-0.05, 0) is 6.07 Å². The van der Waals surface area contributed by atoms with Crippen molar-refractivity contribution < 1.29 is 9.21 Å². The van der Waals surface area contributed by atoms with Gasteiger partial charge in [0.15, 0.2) is 17.1 Å². The highest BCUT2D eigenvalue weighted by atomic mass is 16.3. The summed E-state index contributed by atoms with van der Waals surface area (Å²) in [6.07, 6.45) is 3.15. The Morgan fingerprint density at radius 1 is 1.62 bits per heavy atom. The summed E-state index contributed by atoms with van der Waals surface area (Å²) in [5, 5.41) is 0.736. The summed E-state index contributed by atoms with van der Waals surface area (Å²) in [6, 6.07) is 1.72. The first-order valence-corrected chi connectivity index (χ1v) is 3.83. The van der Waals surface area contributed by atoms with Crippen molar-refractivity contribution in [3.05, 3.63) is 24.2 Å². The monoisotopic (exact) mass is 176 g/mol. The second-order valence-electron chi connectivity index (χ2n) is 2.77. The molecule has 2 aromatic rings. The van der Waals surface area contributed by atoms with E-state index in [0.717, 1.165) is 5.39 Å².